The second kappa shape index (κ2) is 6.10. The van der Waals surface area contributed by atoms with Crippen LogP contribution >= 0.6 is 0 Å². The molecule has 0 fully saturated rings. The standard InChI is InChI=1S/C6H12O5S/c1-5(2)6(7)10-3-4-11-12(8)9/h5H,3-4H2,1-2H3,(H,8,9)/p-1. The fraction of sp³-hybridized carbons (Fsp3) is 0.833. The third-order valence-corrected chi connectivity index (χ3v) is 1.34. The molecule has 0 aromatic rings. The van der Waals surface area contributed by atoms with E-state index in [2.05, 4.69) is 8.92 Å². The average molecular weight is 195 g/mol. The van der Waals surface area contributed by atoms with Gasteiger partial charge in [0, 0.05) is 0 Å². The Morgan fingerprint density at radius 2 is 2.08 bits per heavy atom. The van der Waals surface area contributed by atoms with E-state index in [1.807, 2.05) is 0 Å². The van der Waals surface area contributed by atoms with Gasteiger partial charge >= 0.3 is 5.97 Å². The Bertz CT molecular complexity index is 167. The Labute approximate surface area is 73.5 Å². The van der Waals surface area contributed by atoms with Crippen LogP contribution in [0.2, 0.25) is 0 Å². The van der Waals surface area contributed by atoms with Crippen LogP contribution < -0.4 is 0 Å². The quantitative estimate of drug-likeness (QED) is 0.350. The molecule has 0 radical (unpaired) electrons. The Hall–Kier alpha value is -0.460. The summed E-state index contributed by atoms with van der Waals surface area (Å²) in [6, 6.07) is 0. The van der Waals surface area contributed by atoms with Crippen molar-refractivity contribution >= 4 is 17.3 Å². The Morgan fingerprint density at radius 3 is 2.50 bits per heavy atom. The zero-order valence-electron chi connectivity index (χ0n) is 6.94. The van der Waals surface area contributed by atoms with Crippen LogP contribution in [0.5, 0.6) is 0 Å². The summed E-state index contributed by atoms with van der Waals surface area (Å²) in [7, 11) is 0. The molecule has 5 nitrogen and oxygen atoms in total. The molecule has 0 aliphatic carbocycles. The fourth-order valence-corrected chi connectivity index (χ4v) is 0.615. The maximum absolute atomic E-state index is 10.8. The van der Waals surface area contributed by atoms with Crippen LogP contribution in [0.3, 0.4) is 0 Å². The molecule has 1 unspecified atom stereocenters. The molecule has 0 aliphatic rings. The van der Waals surface area contributed by atoms with Crippen LogP contribution in [-0.4, -0.2) is 27.9 Å². The molecule has 1 atom stereocenters. The normalized spacial score (nSPS) is 13.0. The SMILES string of the molecule is CC(C)C(=O)OCCOS(=O)[O-]. The van der Waals surface area contributed by atoms with Gasteiger partial charge in [0.05, 0.1) is 23.9 Å². The van der Waals surface area contributed by atoms with Crippen molar-refractivity contribution in [2.45, 2.75) is 13.8 Å². The predicted octanol–water partition coefficient (Wildman–Crippen LogP) is -0.00370. The highest BCUT2D eigenvalue weighted by Gasteiger charge is 2.06. The lowest BCUT2D eigenvalue weighted by atomic mass is 10.2. The van der Waals surface area contributed by atoms with Crippen LogP contribution in [0.25, 0.3) is 0 Å². The van der Waals surface area contributed by atoms with Gasteiger partial charge in [-0.15, -0.1) is 0 Å². The minimum atomic E-state index is -2.53. The van der Waals surface area contributed by atoms with Crippen LogP contribution in [0.4, 0.5) is 0 Å². The van der Waals surface area contributed by atoms with Crippen LogP contribution in [-0.2, 0) is 25.1 Å². The lowest BCUT2D eigenvalue weighted by molar-refractivity contribution is -0.148. The Balaban J connectivity index is 3.32. The van der Waals surface area contributed by atoms with Gasteiger partial charge in [-0.05, 0) is 0 Å². The highest BCUT2D eigenvalue weighted by atomic mass is 32.2. The van der Waals surface area contributed by atoms with E-state index in [1.165, 1.54) is 0 Å². The van der Waals surface area contributed by atoms with Crippen molar-refractivity contribution in [2.24, 2.45) is 5.92 Å². The van der Waals surface area contributed by atoms with E-state index in [0.717, 1.165) is 0 Å². The van der Waals surface area contributed by atoms with Crippen LogP contribution in [0.1, 0.15) is 13.8 Å². The summed E-state index contributed by atoms with van der Waals surface area (Å²) in [5, 5.41) is 0. The summed E-state index contributed by atoms with van der Waals surface area (Å²) in [6.45, 7) is 3.21. The fourth-order valence-electron chi connectivity index (χ4n) is 0.411. The molecule has 0 aromatic carbocycles. The van der Waals surface area contributed by atoms with E-state index in [9.17, 15) is 13.6 Å². The number of hydrogen-bond donors (Lipinski definition) is 0. The molecule has 0 bridgehead atoms. The molecule has 72 valence electrons. The zero-order valence-corrected chi connectivity index (χ0v) is 7.76. The highest BCUT2D eigenvalue weighted by molar-refractivity contribution is 7.74. The predicted molar refractivity (Wildman–Crippen MR) is 40.7 cm³/mol. The minimum absolute atomic E-state index is 0.0367. The van der Waals surface area contributed by atoms with Crippen molar-refractivity contribution in [3.63, 3.8) is 0 Å². The van der Waals surface area contributed by atoms with Crippen molar-refractivity contribution in [1.29, 1.82) is 0 Å². The summed E-state index contributed by atoms with van der Waals surface area (Å²) >= 11 is -2.53. The molecule has 0 N–H and O–H groups in total. The molecule has 0 saturated heterocycles. The zero-order chi connectivity index (χ0) is 9.56. The summed E-state index contributed by atoms with van der Waals surface area (Å²) in [4.78, 5) is 10.8. The topological polar surface area (TPSA) is 75.7 Å². The van der Waals surface area contributed by atoms with Gasteiger partial charge in [0.2, 0.25) is 0 Å². The Kier molecular flexibility index (Phi) is 5.87. The van der Waals surface area contributed by atoms with Gasteiger partial charge in [-0.2, -0.15) is 0 Å². The van der Waals surface area contributed by atoms with Gasteiger partial charge in [-0.25, -0.2) is 4.21 Å². The number of carbonyl (C=O) groups is 1. The molecular weight excluding hydrogens is 184 g/mol. The first kappa shape index (κ1) is 11.5. The minimum Gasteiger partial charge on any atom is -0.750 e. The summed E-state index contributed by atoms with van der Waals surface area (Å²) in [6.07, 6.45) is 0. The highest BCUT2D eigenvalue weighted by Crippen LogP contribution is 1.95. The number of carbonyl (C=O) groups excluding carboxylic acids is 1. The van der Waals surface area contributed by atoms with E-state index >= 15 is 0 Å². The average Bonchev–Trinajstić information content (AvgIpc) is 1.97. The van der Waals surface area contributed by atoms with E-state index in [0.29, 0.717) is 0 Å². The Morgan fingerprint density at radius 1 is 1.50 bits per heavy atom. The largest absolute Gasteiger partial charge is 0.750 e. The van der Waals surface area contributed by atoms with Crippen molar-refractivity contribution in [3.8, 4) is 0 Å². The van der Waals surface area contributed by atoms with Crippen molar-refractivity contribution < 1.29 is 22.5 Å². The number of esters is 1. The summed E-state index contributed by atoms with van der Waals surface area (Å²) in [5.41, 5.74) is 0. The number of hydrogen-bond acceptors (Lipinski definition) is 5. The van der Waals surface area contributed by atoms with Crippen molar-refractivity contribution in [3.05, 3.63) is 0 Å². The second-order valence-electron chi connectivity index (χ2n) is 2.35. The third-order valence-electron chi connectivity index (χ3n) is 0.979. The lowest BCUT2D eigenvalue weighted by Gasteiger charge is -2.08. The molecule has 0 amide bonds. The van der Waals surface area contributed by atoms with E-state index in [-0.39, 0.29) is 25.1 Å². The first-order valence-corrected chi connectivity index (χ1v) is 4.43. The third kappa shape index (κ3) is 6.26. The van der Waals surface area contributed by atoms with Gasteiger partial charge < -0.3 is 9.29 Å². The van der Waals surface area contributed by atoms with Crippen molar-refractivity contribution in [1.82, 2.24) is 0 Å². The monoisotopic (exact) mass is 195 g/mol. The van der Waals surface area contributed by atoms with Gasteiger partial charge in [0.1, 0.15) is 6.61 Å². The smallest absolute Gasteiger partial charge is 0.308 e. The van der Waals surface area contributed by atoms with E-state index in [4.69, 9.17) is 0 Å². The summed E-state index contributed by atoms with van der Waals surface area (Å²) < 4.78 is 28.4. The van der Waals surface area contributed by atoms with Gasteiger partial charge in [0.25, 0.3) is 0 Å². The molecule has 0 heterocycles. The second-order valence-corrected chi connectivity index (χ2v) is 2.99. The molecule has 0 aliphatic heterocycles. The molecular formula is C6H11O5S-. The van der Waals surface area contributed by atoms with E-state index in [1.54, 1.807) is 13.8 Å². The number of ether oxygens (including phenoxy) is 1. The molecule has 12 heavy (non-hydrogen) atoms. The van der Waals surface area contributed by atoms with Crippen molar-refractivity contribution in [2.75, 3.05) is 13.2 Å². The molecule has 0 rings (SSSR count). The summed E-state index contributed by atoms with van der Waals surface area (Å²) in [5.74, 6) is -0.571. The molecule has 0 saturated carbocycles. The molecule has 0 aromatic heterocycles. The molecule has 6 heteroatoms. The van der Waals surface area contributed by atoms with E-state index < -0.39 is 11.4 Å². The van der Waals surface area contributed by atoms with Crippen LogP contribution in [0, 0.1) is 5.92 Å². The van der Waals surface area contributed by atoms with Gasteiger partial charge in [0.15, 0.2) is 0 Å². The first-order valence-electron chi connectivity index (χ1n) is 3.43. The van der Waals surface area contributed by atoms with Gasteiger partial charge in [-0.3, -0.25) is 8.98 Å². The van der Waals surface area contributed by atoms with Crippen LogP contribution in [0.15, 0.2) is 0 Å². The first-order chi connectivity index (χ1) is 5.54. The maximum atomic E-state index is 10.8. The maximum Gasteiger partial charge on any atom is 0.308 e. The lowest BCUT2D eigenvalue weighted by Crippen LogP contribution is -2.15. The molecule has 0 spiro atoms. The number of rotatable bonds is 5. The van der Waals surface area contributed by atoms with Gasteiger partial charge in [-0.1, -0.05) is 13.8 Å².